The smallest absolute Gasteiger partial charge is 0.0574 e. The summed E-state index contributed by atoms with van der Waals surface area (Å²) in [5.74, 6) is 5.52. The second-order valence-electron chi connectivity index (χ2n) is 7.43. The van der Waals surface area contributed by atoms with Gasteiger partial charge in [0, 0.05) is 0 Å². The molecular formula is C15H24O. The van der Waals surface area contributed by atoms with Gasteiger partial charge in [0.2, 0.25) is 0 Å². The first-order valence-electron chi connectivity index (χ1n) is 7.32. The second kappa shape index (κ2) is 2.85. The Balaban J connectivity index is 1.70. The molecule has 0 radical (unpaired) electrons. The van der Waals surface area contributed by atoms with Crippen LogP contribution >= 0.6 is 0 Å². The third kappa shape index (κ3) is 0.939. The summed E-state index contributed by atoms with van der Waals surface area (Å²) in [5.41, 5.74) is 0.621. The molecular weight excluding hydrogens is 196 g/mol. The van der Waals surface area contributed by atoms with Crippen molar-refractivity contribution in [3.63, 3.8) is 0 Å². The maximum absolute atomic E-state index is 10.1. The fraction of sp³-hybridized carbons (Fsp3) is 1.00. The van der Waals surface area contributed by atoms with E-state index in [4.69, 9.17) is 0 Å². The van der Waals surface area contributed by atoms with Crippen LogP contribution in [0.25, 0.3) is 0 Å². The third-order valence-electron chi connectivity index (χ3n) is 7.09. The Labute approximate surface area is 98.6 Å². The standard InChI is InChI=1S/C15H24O/c1-3-15(2)7-9-5-11(15)14-10-4-8(13(9)14)6-12(10)16/h8-14,16H,3-7H2,1-2H3/t8?,9?,10?,11?,12?,13?,14?,15-/m0/s1. The molecule has 1 heteroatoms. The van der Waals surface area contributed by atoms with E-state index in [9.17, 15) is 5.11 Å². The Kier molecular flexibility index (Phi) is 1.77. The van der Waals surface area contributed by atoms with Gasteiger partial charge in [-0.25, -0.2) is 0 Å². The third-order valence-corrected chi connectivity index (χ3v) is 7.09. The van der Waals surface area contributed by atoms with Gasteiger partial charge in [-0.1, -0.05) is 20.3 Å². The van der Waals surface area contributed by atoms with E-state index >= 15 is 0 Å². The maximum Gasteiger partial charge on any atom is 0.0574 e. The van der Waals surface area contributed by atoms with Crippen LogP contribution in [0, 0.1) is 40.9 Å². The number of rotatable bonds is 1. The van der Waals surface area contributed by atoms with Crippen molar-refractivity contribution in [3.8, 4) is 0 Å². The van der Waals surface area contributed by atoms with Crippen LogP contribution in [0.15, 0.2) is 0 Å². The highest BCUT2D eigenvalue weighted by atomic mass is 16.3. The number of aliphatic hydroxyl groups is 1. The zero-order valence-electron chi connectivity index (χ0n) is 10.5. The largest absolute Gasteiger partial charge is 0.393 e. The molecule has 4 saturated carbocycles. The normalized spacial score (nSPS) is 66.6. The van der Waals surface area contributed by atoms with Gasteiger partial charge in [-0.2, -0.15) is 0 Å². The zero-order valence-corrected chi connectivity index (χ0v) is 10.5. The number of aliphatic hydroxyl groups excluding tert-OH is 1. The summed E-state index contributed by atoms with van der Waals surface area (Å²) in [6, 6.07) is 0. The van der Waals surface area contributed by atoms with E-state index in [0.29, 0.717) is 11.3 Å². The van der Waals surface area contributed by atoms with Gasteiger partial charge in [-0.3, -0.25) is 0 Å². The Morgan fingerprint density at radius 2 is 1.94 bits per heavy atom. The summed E-state index contributed by atoms with van der Waals surface area (Å²) in [5, 5.41) is 10.1. The van der Waals surface area contributed by atoms with Gasteiger partial charge in [0.05, 0.1) is 6.10 Å². The summed E-state index contributed by atoms with van der Waals surface area (Å²) in [4.78, 5) is 0. The van der Waals surface area contributed by atoms with E-state index < -0.39 is 0 Å². The van der Waals surface area contributed by atoms with E-state index in [2.05, 4.69) is 13.8 Å². The van der Waals surface area contributed by atoms with Crippen molar-refractivity contribution in [2.45, 2.75) is 52.1 Å². The Morgan fingerprint density at radius 1 is 1.12 bits per heavy atom. The average Bonchev–Trinajstić information content (AvgIpc) is 2.93. The first-order valence-corrected chi connectivity index (χ1v) is 7.32. The first kappa shape index (κ1) is 9.94. The lowest BCUT2D eigenvalue weighted by Crippen LogP contribution is -2.41. The quantitative estimate of drug-likeness (QED) is 0.673. The molecule has 8 atom stereocenters. The summed E-state index contributed by atoms with van der Waals surface area (Å²) in [6.07, 6.45) is 6.91. The molecule has 0 heterocycles. The molecule has 0 amide bonds. The minimum absolute atomic E-state index is 0.0618. The molecule has 4 rings (SSSR count). The molecule has 4 aliphatic rings. The molecule has 0 aromatic carbocycles. The molecule has 0 saturated heterocycles. The fourth-order valence-corrected chi connectivity index (χ4v) is 6.45. The van der Waals surface area contributed by atoms with Crippen LogP contribution in [0.1, 0.15) is 46.0 Å². The molecule has 16 heavy (non-hydrogen) atoms. The molecule has 0 spiro atoms. The van der Waals surface area contributed by atoms with Crippen LogP contribution in [0.4, 0.5) is 0 Å². The van der Waals surface area contributed by atoms with E-state index in [1.165, 1.54) is 25.7 Å². The van der Waals surface area contributed by atoms with Gasteiger partial charge in [0.1, 0.15) is 0 Å². The van der Waals surface area contributed by atoms with Crippen molar-refractivity contribution in [1.82, 2.24) is 0 Å². The Hall–Kier alpha value is -0.0400. The molecule has 1 N–H and O–H groups in total. The van der Waals surface area contributed by atoms with Crippen LogP contribution in [0.3, 0.4) is 0 Å². The molecule has 0 aliphatic heterocycles. The predicted molar refractivity (Wildman–Crippen MR) is 63.8 cm³/mol. The van der Waals surface area contributed by atoms with E-state index in [-0.39, 0.29) is 6.10 Å². The van der Waals surface area contributed by atoms with Crippen molar-refractivity contribution >= 4 is 0 Å². The molecule has 0 aromatic heterocycles. The van der Waals surface area contributed by atoms with Crippen molar-refractivity contribution in [2.24, 2.45) is 40.9 Å². The number of hydrogen-bond donors (Lipinski definition) is 1. The van der Waals surface area contributed by atoms with Gasteiger partial charge < -0.3 is 5.11 Å². The lowest BCUT2D eigenvalue weighted by molar-refractivity contribution is -0.0143. The van der Waals surface area contributed by atoms with Crippen molar-refractivity contribution in [3.05, 3.63) is 0 Å². The molecule has 4 bridgehead atoms. The van der Waals surface area contributed by atoms with Crippen molar-refractivity contribution < 1.29 is 5.11 Å². The minimum Gasteiger partial charge on any atom is -0.393 e. The topological polar surface area (TPSA) is 20.2 Å². The van der Waals surface area contributed by atoms with Crippen LogP contribution < -0.4 is 0 Å². The van der Waals surface area contributed by atoms with Crippen LogP contribution in [0.5, 0.6) is 0 Å². The number of hydrogen-bond acceptors (Lipinski definition) is 1. The zero-order chi connectivity index (χ0) is 11.1. The van der Waals surface area contributed by atoms with Crippen LogP contribution in [-0.2, 0) is 0 Å². The molecule has 1 nitrogen and oxygen atoms in total. The highest BCUT2D eigenvalue weighted by Gasteiger charge is 2.66. The molecule has 0 aromatic rings. The SMILES string of the molecule is CC[C@@]1(C)CC2CC1C1C3CC(CC3O)C21. The van der Waals surface area contributed by atoms with Crippen molar-refractivity contribution in [1.29, 1.82) is 0 Å². The molecule has 90 valence electrons. The van der Waals surface area contributed by atoms with E-state index in [1.54, 1.807) is 0 Å². The Morgan fingerprint density at radius 3 is 2.69 bits per heavy atom. The highest BCUT2D eigenvalue weighted by Crippen LogP contribution is 2.72. The van der Waals surface area contributed by atoms with Gasteiger partial charge in [-0.05, 0) is 66.6 Å². The summed E-state index contributed by atoms with van der Waals surface area (Å²) in [7, 11) is 0. The van der Waals surface area contributed by atoms with E-state index in [1.807, 2.05) is 0 Å². The molecule has 7 unspecified atom stereocenters. The predicted octanol–water partition coefficient (Wildman–Crippen LogP) is 3.08. The summed E-state index contributed by atoms with van der Waals surface area (Å²) < 4.78 is 0. The molecule has 4 aliphatic carbocycles. The number of fused-ring (bicyclic) bond motifs is 9. The van der Waals surface area contributed by atoms with Gasteiger partial charge in [0.25, 0.3) is 0 Å². The monoisotopic (exact) mass is 220 g/mol. The molecule has 4 fully saturated rings. The lowest BCUT2D eigenvalue weighted by atomic mass is 9.60. The summed E-state index contributed by atoms with van der Waals surface area (Å²) in [6.45, 7) is 4.89. The van der Waals surface area contributed by atoms with Gasteiger partial charge in [0.15, 0.2) is 0 Å². The maximum atomic E-state index is 10.1. The van der Waals surface area contributed by atoms with Crippen LogP contribution in [0.2, 0.25) is 0 Å². The van der Waals surface area contributed by atoms with Crippen molar-refractivity contribution in [2.75, 3.05) is 0 Å². The van der Waals surface area contributed by atoms with Crippen LogP contribution in [-0.4, -0.2) is 11.2 Å². The second-order valence-corrected chi connectivity index (χ2v) is 7.43. The summed E-state index contributed by atoms with van der Waals surface area (Å²) >= 11 is 0. The lowest BCUT2D eigenvalue weighted by Gasteiger charge is -2.45. The highest BCUT2D eigenvalue weighted by molar-refractivity contribution is 5.15. The average molecular weight is 220 g/mol. The van der Waals surface area contributed by atoms with Gasteiger partial charge in [-0.15, -0.1) is 0 Å². The fourth-order valence-electron chi connectivity index (χ4n) is 6.45. The van der Waals surface area contributed by atoms with E-state index in [0.717, 1.165) is 36.0 Å². The first-order chi connectivity index (χ1) is 7.64. The Bertz CT molecular complexity index is 325. The van der Waals surface area contributed by atoms with Gasteiger partial charge >= 0.3 is 0 Å². The minimum atomic E-state index is 0.0618.